The normalized spacial score (nSPS) is 14.6. The van der Waals surface area contributed by atoms with Crippen LogP contribution in [0.2, 0.25) is 0 Å². The van der Waals surface area contributed by atoms with Crippen LogP contribution in [0.5, 0.6) is 11.5 Å². The Kier molecular flexibility index (Phi) is 12.6. The van der Waals surface area contributed by atoms with E-state index in [1.54, 1.807) is 0 Å². The van der Waals surface area contributed by atoms with Crippen molar-refractivity contribution in [2.75, 3.05) is 0 Å². The predicted octanol–water partition coefficient (Wildman–Crippen LogP) is 18.8. The quantitative estimate of drug-likeness (QED) is 0.127. The van der Waals surface area contributed by atoms with E-state index in [1.165, 1.54) is 55.6 Å². The molecule has 1 aliphatic carbocycles. The first kappa shape index (κ1) is 53.3. The summed E-state index contributed by atoms with van der Waals surface area (Å²) in [6, 6.07) is 65.8. The van der Waals surface area contributed by atoms with Crippen LogP contribution in [0.15, 0.2) is 164 Å². The van der Waals surface area contributed by atoms with Crippen molar-refractivity contribution >= 4 is 32.8 Å². The SMILES string of the molecule is CC(C)(C)c1ccc(-c2cc3c4c(c2)n(-c2[c-]c(Oc5[c-]c6c(cc5)c5ccccc5n6-c5cc(C(C)(C)C)ccn5)ccc2)[c-][n+]4-c2c(cccc2C(C)(C)C)-c2cc4c(cc2-c2ccccc2-3)C(C)(C)CCC4(C)C)cc1.[Pt]. The van der Waals surface area contributed by atoms with Gasteiger partial charge in [-0.3, -0.25) is 4.57 Å². The van der Waals surface area contributed by atoms with E-state index in [0.717, 1.165) is 79.6 Å². The Balaban J connectivity index is 0.00000637. The maximum absolute atomic E-state index is 6.89. The van der Waals surface area contributed by atoms with Crippen molar-refractivity contribution in [2.24, 2.45) is 0 Å². The van der Waals surface area contributed by atoms with Crippen LogP contribution in [0.1, 0.15) is 131 Å². The van der Waals surface area contributed by atoms with Crippen LogP contribution in [-0.2, 0) is 48.1 Å². The molecule has 0 bridgehead atoms. The molecule has 2 aliphatic rings. The Hall–Kier alpha value is -7.33. The summed E-state index contributed by atoms with van der Waals surface area (Å²) in [5.74, 6) is 2.01. The number of aromatic nitrogens is 4. The molecule has 6 heteroatoms. The van der Waals surface area contributed by atoms with E-state index < -0.39 is 0 Å². The first-order chi connectivity index (χ1) is 37.5. The molecule has 0 saturated carbocycles. The monoisotopic (exact) mass is 1230 g/mol. The molecule has 0 atom stereocenters. The molecule has 8 aromatic carbocycles. The van der Waals surface area contributed by atoms with Gasteiger partial charge in [0, 0.05) is 44.3 Å². The van der Waals surface area contributed by atoms with Crippen molar-refractivity contribution in [3.8, 4) is 73.2 Å². The second-order valence-electron chi connectivity index (χ2n) is 26.8. The Morgan fingerprint density at radius 3 is 1.82 bits per heavy atom. The number of fused-ring (bicyclic) bond motifs is 11. The molecule has 13 rings (SSSR count). The molecule has 0 unspecified atom stereocenters. The first-order valence-electron chi connectivity index (χ1n) is 28.2. The van der Waals surface area contributed by atoms with Gasteiger partial charge in [-0.2, -0.15) is 18.2 Å². The number of pyridine rings is 1. The summed E-state index contributed by atoms with van der Waals surface area (Å²) in [5.41, 5.74) is 22.0. The fourth-order valence-electron chi connectivity index (χ4n) is 12.7. The van der Waals surface area contributed by atoms with Crippen molar-refractivity contribution < 1.29 is 30.4 Å². The Morgan fingerprint density at radius 2 is 1.14 bits per heavy atom. The molecule has 0 N–H and O–H groups in total. The minimum absolute atomic E-state index is 0. The van der Waals surface area contributed by atoms with Gasteiger partial charge in [0.1, 0.15) is 5.82 Å². The summed E-state index contributed by atoms with van der Waals surface area (Å²) in [6.45, 7) is 30.3. The van der Waals surface area contributed by atoms with Gasteiger partial charge in [-0.25, -0.2) is 4.98 Å². The van der Waals surface area contributed by atoms with Crippen LogP contribution in [0.25, 0.3) is 94.5 Å². The Labute approximate surface area is 487 Å². The van der Waals surface area contributed by atoms with Crippen molar-refractivity contribution in [1.82, 2.24) is 14.1 Å². The van der Waals surface area contributed by atoms with Crippen molar-refractivity contribution in [3.63, 3.8) is 0 Å². The molecule has 80 heavy (non-hydrogen) atoms. The third kappa shape index (κ3) is 8.87. The van der Waals surface area contributed by atoms with Crippen LogP contribution in [0.4, 0.5) is 0 Å². The van der Waals surface area contributed by atoms with Crippen LogP contribution in [-0.4, -0.2) is 14.1 Å². The molecular formula is C74H70N4OPt-2. The fraction of sp³-hybridized carbons (Fsp3) is 0.270. The number of para-hydroxylation sites is 2. The third-order valence-corrected chi connectivity index (χ3v) is 17.3. The van der Waals surface area contributed by atoms with Gasteiger partial charge in [0.15, 0.2) is 0 Å². The average Bonchev–Trinajstić information content (AvgIpc) is 4.13. The molecule has 1 aliphatic heterocycles. The zero-order chi connectivity index (χ0) is 55.1. The summed E-state index contributed by atoms with van der Waals surface area (Å²) in [5, 5.41) is 2.22. The van der Waals surface area contributed by atoms with Crippen LogP contribution >= 0.6 is 0 Å². The smallest absolute Gasteiger partial charge is 0.268 e. The van der Waals surface area contributed by atoms with E-state index in [0.29, 0.717) is 11.5 Å². The number of nitrogens with zero attached hydrogens (tertiary/aromatic N) is 4. The van der Waals surface area contributed by atoms with Gasteiger partial charge in [0.2, 0.25) is 0 Å². The molecule has 0 fully saturated rings. The number of ether oxygens (including phenoxy) is 1. The molecule has 5 nitrogen and oxygen atoms in total. The van der Waals surface area contributed by atoms with Gasteiger partial charge in [0.05, 0.1) is 16.7 Å². The van der Waals surface area contributed by atoms with Crippen LogP contribution in [0, 0.1) is 18.5 Å². The van der Waals surface area contributed by atoms with E-state index in [4.69, 9.17) is 9.72 Å². The number of benzene rings is 8. The zero-order valence-electron chi connectivity index (χ0n) is 48.5. The van der Waals surface area contributed by atoms with Gasteiger partial charge >= 0.3 is 0 Å². The average molecular weight is 1230 g/mol. The van der Waals surface area contributed by atoms with Crippen LogP contribution < -0.4 is 9.30 Å². The molecule has 0 spiro atoms. The molecule has 0 radical (unpaired) electrons. The predicted molar refractivity (Wildman–Crippen MR) is 327 cm³/mol. The summed E-state index contributed by atoms with van der Waals surface area (Å²) in [7, 11) is 0. The molecule has 4 heterocycles. The minimum Gasteiger partial charge on any atom is -0.510 e. The minimum atomic E-state index is -0.222. The van der Waals surface area contributed by atoms with Crippen molar-refractivity contribution in [3.05, 3.63) is 210 Å². The first-order valence-corrected chi connectivity index (χ1v) is 28.2. The number of hydrogen-bond acceptors (Lipinski definition) is 2. The largest absolute Gasteiger partial charge is 0.510 e. The van der Waals surface area contributed by atoms with Gasteiger partial charge in [0.25, 0.3) is 6.33 Å². The third-order valence-electron chi connectivity index (χ3n) is 17.3. The van der Waals surface area contributed by atoms with E-state index in [9.17, 15) is 0 Å². The van der Waals surface area contributed by atoms with Crippen molar-refractivity contribution in [1.29, 1.82) is 0 Å². The molecule has 0 saturated heterocycles. The number of hydrogen-bond donors (Lipinski definition) is 0. The second kappa shape index (κ2) is 18.9. The molecule has 404 valence electrons. The van der Waals surface area contributed by atoms with Crippen molar-refractivity contribution in [2.45, 2.75) is 130 Å². The number of rotatable bonds is 5. The fourth-order valence-corrected chi connectivity index (χ4v) is 12.7. The Bertz CT molecular complexity index is 4280. The topological polar surface area (TPSA) is 35.9 Å². The van der Waals surface area contributed by atoms with Crippen LogP contribution in [0.3, 0.4) is 0 Å². The molecule has 11 aromatic rings. The van der Waals surface area contributed by atoms with Gasteiger partial charge in [-0.1, -0.05) is 193 Å². The summed E-state index contributed by atoms with van der Waals surface area (Å²) < 4.78 is 13.7. The molecule has 0 amide bonds. The van der Waals surface area contributed by atoms with E-state index in [1.807, 2.05) is 18.3 Å². The number of imidazole rings is 1. The van der Waals surface area contributed by atoms with Gasteiger partial charge in [-0.15, -0.1) is 29.7 Å². The maximum atomic E-state index is 6.89. The Morgan fingerprint density at radius 1 is 0.512 bits per heavy atom. The molecular weight excluding hydrogens is 1160 g/mol. The molecule has 3 aromatic heterocycles. The zero-order valence-corrected chi connectivity index (χ0v) is 50.8. The maximum Gasteiger partial charge on any atom is 0.268 e. The summed E-state index contributed by atoms with van der Waals surface area (Å²) in [6.07, 6.45) is 8.26. The summed E-state index contributed by atoms with van der Waals surface area (Å²) >= 11 is 0. The van der Waals surface area contributed by atoms with E-state index in [2.05, 4.69) is 268 Å². The van der Waals surface area contributed by atoms with Gasteiger partial charge in [-0.05, 0) is 154 Å². The summed E-state index contributed by atoms with van der Waals surface area (Å²) in [4.78, 5) is 4.93. The van der Waals surface area contributed by atoms with E-state index in [-0.39, 0.29) is 48.1 Å². The standard InChI is InChI=1S/C74H70N4O.Pt/c1-70(2,3)48-30-28-46(29-31-48)47-38-60-54-23-15-14-22-53(54)58-43-62-63(74(12,13)36-35-73(62,10)11)44-59(58)57-25-19-26-61(72(7,8)9)68(57)77-45-76(66(39-47)69(60)77)50-20-18-21-51(41-50)79-52-32-33-56-55-24-16-17-27-64(55)78(65(56)42-52)67-40-49(34-37-75-67)71(4,5)6;/h14-34,37-40,43-44H,35-36H2,1-13H3;/q-2;. The second-order valence-corrected chi connectivity index (χ2v) is 26.8. The van der Waals surface area contributed by atoms with E-state index >= 15 is 0 Å². The van der Waals surface area contributed by atoms with Gasteiger partial charge < -0.3 is 13.9 Å².